The van der Waals surface area contributed by atoms with E-state index < -0.39 is 0 Å². The van der Waals surface area contributed by atoms with Gasteiger partial charge in [-0.15, -0.1) is 11.3 Å². The molecule has 0 saturated heterocycles. The zero-order valence-corrected chi connectivity index (χ0v) is 19.2. The average molecular weight is 428 g/mol. The van der Waals surface area contributed by atoms with Gasteiger partial charge < -0.3 is 20.1 Å². The van der Waals surface area contributed by atoms with E-state index in [9.17, 15) is 9.59 Å². The van der Waals surface area contributed by atoms with E-state index in [0.29, 0.717) is 33.0 Å². The molecule has 30 heavy (non-hydrogen) atoms. The van der Waals surface area contributed by atoms with E-state index in [4.69, 9.17) is 0 Å². The summed E-state index contributed by atoms with van der Waals surface area (Å²) in [5.74, 6) is 0.372. The Kier molecular flexibility index (Phi) is 6.58. The first-order chi connectivity index (χ1) is 14.2. The van der Waals surface area contributed by atoms with Crippen molar-refractivity contribution in [2.75, 3.05) is 37.4 Å². The SMILES string of the molecule is CCN(CC)c1ccc(NC(=O)c2sc3nc(CN(C)C)[nH]c(=O)c3c2C)c(C)c1. The van der Waals surface area contributed by atoms with Gasteiger partial charge in [0.25, 0.3) is 11.5 Å². The first kappa shape index (κ1) is 22.0. The number of aromatic amines is 1. The summed E-state index contributed by atoms with van der Waals surface area (Å²) < 4.78 is 0. The molecular formula is C22H29N5O2S. The molecule has 0 fully saturated rings. The number of nitrogens with zero attached hydrogens (tertiary/aromatic N) is 3. The van der Waals surface area contributed by atoms with Crippen LogP contribution in [0.2, 0.25) is 0 Å². The first-order valence-corrected chi connectivity index (χ1v) is 10.9. The molecule has 0 radical (unpaired) electrons. The fourth-order valence-corrected chi connectivity index (χ4v) is 4.63. The molecule has 160 valence electrons. The van der Waals surface area contributed by atoms with E-state index >= 15 is 0 Å². The standard InChI is InChI=1S/C22H29N5O2S/c1-7-27(8-2)15-9-10-16(13(3)11-15)23-21(29)19-14(4)18-20(28)24-17(12-26(5)6)25-22(18)30-19/h9-11H,7-8,12H2,1-6H3,(H,23,29)(H,24,25,28). The number of amides is 1. The third-order valence-electron chi connectivity index (χ3n) is 5.11. The Labute approximate surface area is 180 Å². The fraction of sp³-hybridized carbons (Fsp3) is 0.409. The molecule has 3 rings (SSSR count). The van der Waals surface area contributed by atoms with Crippen molar-refractivity contribution >= 4 is 38.8 Å². The molecular weight excluding hydrogens is 398 g/mol. The van der Waals surface area contributed by atoms with Gasteiger partial charge in [-0.1, -0.05) is 0 Å². The van der Waals surface area contributed by atoms with E-state index in [1.807, 2.05) is 38.1 Å². The minimum absolute atomic E-state index is 0.204. The van der Waals surface area contributed by atoms with Crippen LogP contribution in [0.4, 0.5) is 11.4 Å². The number of hydrogen-bond donors (Lipinski definition) is 2. The molecule has 0 atom stereocenters. The fourth-order valence-electron chi connectivity index (χ4n) is 3.53. The minimum Gasteiger partial charge on any atom is -0.372 e. The molecule has 0 saturated carbocycles. The number of carbonyl (C=O) groups excluding carboxylic acids is 1. The van der Waals surface area contributed by atoms with Crippen LogP contribution < -0.4 is 15.8 Å². The summed E-state index contributed by atoms with van der Waals surface area (Å²) in [6.45, 7) is 10.4. The quantitative estimate of drug-likeness (QED) is 0.600. The number of rotatable bonds is 7. The van der Waals surface area contributed by atoms with Gasteiger partial charge in [0.1, 0.15) is 10.7 Å². The van der Waals surface area contributed by atoms with Crippen molar-refractivity contribution in [3.8, 4) is 0 Å². The van der Waals surface area contributed by atoms with Crippen molar-refractivity contribution in [2.24, 2.45) is 0 Å². The van der Waals surface area contributed by atoms with Gasteiger partial charge in [0, 0.05) is 24.5 Å². The van der Waals surface area contributed by atoms with Gasteiger partial charge in [-0.25, -0.2) is 4.98 Å². The Bertz CT molecular complexity index is 1130. The summed E-state index contributed by atoms with van der Waals surface area (Å²) in [6, 6.07) is 6.04. The Morgan fingerprint density at radius 1 is 1.20 bits per heavy atom. The Hall–Kier alpha value is -2.71. The van der Waals surface area contributed by atoms with Gasteiger partial charge >= 0.3 is 0 Å². The van der Waals surface area contributed by atoms with Crippen LogP contribution in [0.3, 0.4) is 0 Å². The summed E-state index contributed by atoms with van der Waals surface area (Å²) >= 11 is 1.26. The smallest absolute Gasteiger partial charge is 0.266 e. The van der Waals surface area contributed by atoms with Crippen molar-refractivity contribution in [2.45, 2.75) is 34.2 Å². The van der Waals surface area contributed by atoms with Crippen molar-refractivity contribution in [1.29, 1.82) is 0 Å². The maximum Gasteiger partial charge on any atom is 0.266 e. The summed E-state index contributed by atoms with van der Waals surface area (Å²) in [5.41, 5.74) is 3.36. The topological polar surface area (TPSA) is 81.3 Å². The number of aryl methyl sites for hydroxylation is 2. The largest absolute Gasteiger partial charge is 0.372 e. The highest BCUT2D eigenvalue weighted by Gasteiger charge is 2.20. The van der Waals surface area contributed by atoms with Gasteiger partial charge in [-0.2, -0.15) is 0 Å². The van der Waals surface area contributed by atoms with Gasteiger partial charge in [-0.05, 0) is 71.1 Å². The molecule has 3 aromatic rings. The van der Waals surface area contributed by atoms with Crippen molar-refractivity contribution < 1.29 is 4.79 Å². The van der Waals surface area contributed by atoms with Crippen LogP contribution in [0.1, 0.15) is 40.5 Å². The molecule has 0 aliphatic heterocycles. The van der Waals surface area contributed by atoms with Gasteiger partial charge in [-0.3, -0.25) is 9.59 Å². The molecule has 2 aromatic heterocycles. The third-order valence-corrected chi connectivity index (χ3v) is 6.29. The normalized spacial score (nSPS) is 11.3. The summed E-state index contributed by atoms with van der Waals surface area (Å²) in [5, 5.41) is 3.49. The Morgan fingerprint density at radius 2 is 1.90 bits per heavy atom. The van der Waals surface area contributed by atoms with Gasteiger partial charge in [0.05, 0.1) is 16.8 Å². The number of aromatic nitrogens is 2. The van der Waals surface area contributed by atoms with Crippen LogP contribution in [0, 0.1) is 13.8 Å². The molecule has 1 aromatic carbocycles. The zero-order chi connectivity index (χ0) is 22.0. The highest BCUT2D eigenvalue weighted by molar-refractivity contribution is 7.20. The van der Waals surface area contributed by atoms with E-state index in [1.54, 1.807) is 6.92 Å². The molecule has 0 spiro atoms. The summed E-state index contributed by atoms with van der Waals surface area (Å²) in [4.78, 5) is 38.2. The number of carbonyl (C=O) groups is 1. The van der Waals surface area contributed by atoms with E-state index in [0.717, 1.165) is 30.0 Å². The Morgan fingerprint density at radius 3 is 2.50 bits per heavy atom. The predicted octanol–water partition coefficient (Wildman–Crippen LogP) is 3.76. The molecule has 0 unspecified atom stereocenters. The van der Waals surface area contributed by atoms with Crippen molar-refractivity contribution in [3.05, 3.63) is 50.4 Å². The second-order valence-electron chi connectivity index (χ2n) is 7.61. The molecule has 0 aliphatic carbocycles. The number of H-pyrrole nitrogens is 1. The molecule has 1 amide bonds. The molecule has 0 bridgehead atoms. The predicted molar refractivity (Wildman–Crippen MR) is 125 cm³/mol. The number of benzene rings is 1. The van der Waals surface area contributed by atoms with E-state index in [-0.39, 0.29) is 11.5 Å². The van der Waals surface area contributed by atoms with E-state index in [2.05, 4.69) is 40.1 Å². The average Bonchev–Trinajstić information content (AvgIpc) is 3.01. The van der Waals surface area contributed by atoms with Gasteiger partial charge in [0.15, 0.2) is 0 Å². The Balaban J connectivity index is 1.91. The molecule has 2 N–H and O–H groups in total. The summed E-state index contributed by atoms with van der Waals surface area (Å²) in [7, 11) is 3.83. The van der Waals surface area contributed by atoms with Crippen LogP contribution in [-0.2, 0) is 6.54 Å². The number of hydrogen-bond acceptors (Lipinski definition) is 6. The minimum atomic E-state index is -0.220. The lowest BCUT2D eigenvalue weighted by molar-refractivity contribution is 0.103. The summed E-state index contributed by atoms with van der Waals surface area (Å²) in [6.07, 6.45) is 0. The maximum atomic E-state index is 13.0. The first-order valence-electron chi connectivity index (χ1n) is 10.1. The third kappa shape index (κ3) is 4.39. The number of fused-ring (bicyclic) bond motifs is 1. The van der Waals surface area contributed by atoms with Crippen LogP contribution >= 0.6 is 11.3 Å². The lowest BCUT2D eigenvalue weighted by atomic mass is 10.1. The molecule has 2 heterocycles. The van der Waals surface area contributed by atoms with Crippen LogP contribution in [0.15, 0.2) is 23.0 Å². The zero-order valence-electron chi connectivity index (χ0n) is 18.4. The van der Waals surface area contributed by atoms with Crippen molar-refractivity contribution in [1.82, 2.24) is 14.9 Å². The number of nitrogens with one attached hydrogen (secondary N) is 2. The number of thiophene rings is 1. The van der Waals surface area contributed by atoms with Crippen LogP contribution in [-0.4, -0.2) is 48.0 Å². The highest BCUT2D eigenvalue weighted by atomic mass is 32.1. The second kappa shape index (κ2) is 8.97. The lowest BCUT2D eigenvalue weighted by Gasteiger charge is -2.22. The monoisotopic (exact) mass is 427 g/mol. The molecule has 7 nitrogen and oxygen atoms in total. The second-order valence-corrected chi connectivity index (χ2v) is 8.61. The van der Waals surface area contributed by atoms with Crippen LogP contribution in [0.25, 0.3) is 10.2 Å². The number of anilines is 2. The lowest BCUT2D eigenvalue weighted by Crippen LogP contribution is -2.22. The molecule has 0 aliphatic rings. The highest BCUT2D eigenvalue weighted by Crippen LogP contribution is 2.29. The van der Waals surface area contributed by atoms with E-state index in [1.165, 1.54) is 11.3 Å². The van der Waals surface area contributed by atoms with Crippen LogP contribution in [0.5, 0.6) is 0 Å². The maximum absolute atomic E-state index is 13.0. The molecule has 8 heteroatoms. The van der Waals surface area contributed by atoms with Crippen molar-refractivity contribution in [3.63, 3.8) is 0 Å². The van der Waals surface area contributed by atoms with Gasteiger partial charge in [0.2, 0.25) is 0 Å².